The van der Waals surface area contributed by atoms with Gasteiger partial charge in [0.1, 0.15) is 5.82 Å². The molecule has 0 saturated heterocycles. The van der Waals surface area contributed by atoms with Crippen molar-refractivity contribution in [3.05, 3.63) is 77.4 Å². The Morgan fingerprint density at radius 1 is 1.18 bits per heavy atom. The van der Waals surface area contributed by atoms with E-state index in [1.54, 1.807) is 24.5 Å². The van der Waals surface area contributed by atoms with Gasteiger partial charge in [-0.25, -0.2) is 4.39 Å². The molecule has 4 rings (SSSR count). The van der Waals surface area contributed by atoms with Gasteiger partial charge in [-0.1, -0.05) is 18.2 Å². The van der Waals surface area contributed by atoms with Crippen LogP contribution >= 0.6 is 0 Å². The monoisotopic (exact) mass is 376 g/mol. The van der Waals surface area contributed by atoms with Gasteiger partial charge >= 0.3 is 0 Å². The Bertz CT molecular complexity index is 1110. The number of carbonyl (C=O) groups excluding carboxylic acids is 1. The number of fused-ring (bicyclic) bond motifs is 1. The van der Waals surface area contributed by atoms with Gasteiger partial charge in [0, 0.05) is 35.6 Å². The summed E-state index contributed by atoms with van der Waals surface area (Å²) in [5, 5.41) is 10.6. The first-order valence-corrected chi connectivity index (χ1v) is 9.22. The maximum atomic E-state index is 14.2. The number of aromatic amines is 2. The second-order valence-electron chi connectivity index (χ2n) is 6.87. The summed E-state index contributed by atoms with van der Waals surface area (Å²) < 4.78 is 14.2. The summed E-state index contributed by atoms with van der Waals surface area (Å²) >= 11 is 0. The van der Waals surface area contributed by atoms with Crippen LogP contribution in [0.15, 0.2) is 54.9 Å². The molecule has 0 radical (unpaired) electrons. The van der Waals surface area contributed by atoms with Crippen LogP contribution in [0, 0.1) is 12.7 Å². The summed E-state index contributed by atoms with van der Waals surface area (Å²) in [6.07, 6.45) is 4.60. The fourth-order valence-electron chi connectivity index (χ4n) is 3.38. The van der Waals surface area contributed by atoms with Gasteiger partial charge in [-0.05, 0) is 54.3 Å². The fourth-order valence-corrected chi connectivity index (χ4v) is 3.38. The molecule has 0 saturated carbocycles. The van der Waals surface area contributed by atoms with Crippen LogP contribution < -0.4 is 5.32 Å². The minimum Gasteiger partial charge on any atom is -0.354 e. The average molecular weight is 376 g/mol. The molecule has 0 spiro atoms. The van der Waals surface area contributed by atoms with Crippen molar-refractivity contribution in [3.63, 3.8) is 0 Å². The van der Waals surface area contributed by atoms with E-state index in [-0.39, 0.29) is 11.7 Å². The molecule has 2 heterocycles. The average Bonchev–Trinajstić information content (AvgIpc) is 3.33. The molecule has 1 amide bonds. The number of aryl methyl sites for hydroxylation is 2. The smallest absolute Gasteiger partial charge is 0.220 e. The quantitative estimate of drug-likeness (QED) is 0.471. The van der Waals surface area contributed by atoms with Crippen molar-refractivity contribution in [2.45, 2.75) is 26.3 Å². The number of benzene rings is 2. The second kappa shape index (κ2) is 7.68. The largest absolute Gasteiger partial charge is 0.354 e. The predicted octanol–water partition coefficient (Wildman–Crippen LogP) is 4.25. The SMILES string of the molecule is Cc1c(-c2ccccc2F)[nH]c2ccc(CNC(=O)CCc3cn[nH]c3)cc12. The number of aromatic nitrogens is 3. The number of amides is 1. The number of hydrogen-bond donors (Lipinski definition) is 3. The van der Waals surface area contributed by atoms with Crippen molar-refractivity contribution < 1.29 is 9.18 Å². The Morgan fingerprint density at radius 3 is 2.82 bits per heavy atom. The van der Waals surface area contributed by atoms with E-state index in [9.17, 15) is 9.18 Å². The zero-order valence-corrected chi connectivity index (χ0v) is 15.6. The molecule has 0 aliphatic heterocycles. The van der Waals surface area contributed by atoms with Gasteiger partial charge in [0.05, 0.1) is 11.9 Å². The first-order valence-electron chi connectivity index (χ1n) is 9.22. The minimum atomic E-state index is -0.248. The van der Waals surface area contributed by atoms with Gasteiger partial charge in [-0.3, -0.25) is 9.89 Å². The maximum absolute atomic E-state index is 14.2. The van der Waals surface area contributed by atoms with E-state index in [2.05, 4.69) is 20.5 Å². The highest BCUT2D eigenvalue weighted by atomic mass is 19.1. The molecule has 2 aromatic carbocycles. The van der Waals surface area contributed by atoms with Crippen LogP contribution in [-0.4, -0.2) is 21.1 Å². The highest BCUT2D eigenvalue weighted by molar-refractivity contribution is 5.91. The van der Waals surface area contributed by atoms with Gasteiger partial charge in [0.2, 0.25) is 5.91 Å². The van der Waals surface area contributed by atoms with Crippen LogP contribution in [0.3, 0.4) is 0 Å². The minimum absolute atomic E-state index is 0.000803. The molecule has 5 nitrogen and oxygen atoms in total. The topological polar surface area (TPSA) is 73.6 Å². The third-order valence-electron chi connectivity index (χ3n) is 4.95. The van der Waals surface area contributed by atoms with Crippen LogP contribution in [-0.2, 0) is 17.8 Å². The van der Waals surface area contributed by atoms with Gasteiger partial charge < -0.3 is 10.3 Å². The standard InChI is InChI=1S/C22H21FN4O/c1-14-18-10-15(11-24-21(28)9-7-16-12-25-26-13-16)6-8-20(18)27-22(14)17-4-2-3-5-19(17)23/h2-6,8,10,12-13,27H,7,9,11H2,1H3,(H,24,28)(H,25,26). The first kappa shape index (κ1) is 18.0. The van der Waals surface area contributed by atoms with Crippen molar-refractivity contribution in [1.29, 1.82) is 0 Å². The molecule has 28 heavy (non-hydrogen) atoms. The zero-order valence-electron chi connectivity index (χ0n) is 15.6. The Kier molecular flexibility index (Phi) is 4.93. The van der Waals surface area contributed by atoms with Gasteiger partial charge in [0.25, 0.3) is 0 Å². The van der Waals surface area contributed by atoms with E-state index in [0.29, 0.717) is 24.9 Å². The van der Waals surface area contributed by atoms with Crippen molar-refractivity contribution >= 4 is 16.8 Å². The van der Waals surface area contributed by atoms with E-state index in [1.165, 1.54) is 6.07 Å². The molecule has 0 bridgehead atoms. The van der Waals surface area contributed by atoms with Gasteiger partial charge in [-0.2, -0.15) is 5.10 Å². The molecular formula is C22H21FN4O. The molecule has 4 aromatic rings. The molecule has 142 valence electrons. The third-order valence-corrected chi connectivity index (χ3v) is 4.95. The Hall–Kier alpha value is -3.41. The summed E-state index contributed by atoms with van der Waals surface area (Å²) in [5.74, 6) is -0.249. The fraction of sp³-hybridized carbons (Fsp3) is 0.182. The van der Waals surface area contributed by atoms with E-state index in [4.69, 9.17) is 0 Å². The third kappa shape index (κ3) is 3.67. The number of rotatable bonds is 6. The van der Waals surface area contributed by atoms with Crippen LogP contribution in [0.2, 0.25) is 0 Å². The number of nitrogens with zero attached hydrogens (tertiary/aromatic N) is 1. The highest BCUT2D eigenvalue weighted by Crippen LogP contribution is 2.31. The molecule has 3 N–H and O–H groups in total. The first-order chi connectivity index (χ1) is 13.6. The van der Waals surface area contributed by atoms with E-state index in [1.807, 2.05) is 31.2 Å². The number of H-pyrrole nitrogens is 2. The number of carbonyl (C=O) groups is 1. The highest BCUT2D eigenvalue weighted by Gasteiger charge is 2.13. The predicted molar refractivity (Wildman–Crippen MR) is 107 cm³/mol. The summed E-state index contributed by atoms with van der Waals surface area (Å²) in [7, 11) is 0. The Labute approximate surface area is 162 Å². The molecule has 0 fully saturated rings. The molecule has 2 aromatic heterocycles. The normalized spacial score (nSPS) is 11.1. The maximum Gasteiger partial charge on any atom is 0.220 e. The number of halogens is 1. The van der Waals surface area contributed by atoms with Gasteiger partial charge in [-0.15, -0.1) is 0 Å². The van der Waals surface area contributed by atoms with Crippen LogP contribution in [0.5, 0.6) is 0 Å². The van der Waals surface area contributed by atoms with Crippen molar-refractivity contribution in [2.24, 2.45) is 0 Å². The molecule has 6 heteroatoms. The Morgan fingerprint density at radius 2 is 2.04 bits per heavy atom. The summed E-state index contributed by atoms with van der Waals surface area (Å²) in [6, 6.07) is 12.7. The lowest BCUT2D eigenvalue weighted by atomic mass is 10.0. The zero-order chi connectivity index (χ0) is 19.5. The van der Waals surface area contributed by atoms with E-state index in [0.717, 1.165) is 33.3 Å². The molecule has 0 aliphatic carbocycles. The number of nitrogens with one attached hydrogen (secondary N) is 3. The lowest BCUT2D eigenvalue weighted by molar-refractivity contribution is -0.121. The Balaban J connectivity index is 1.48. The number of hydrogen-bond acceptors (Lipinski definition) is 2. The molecule has 0 unspecified atom stereocenters. The summed E-state index contributed by atoms with van der Waals surface area (Å²) in [5.41, 5.74) is 5.31. The summed E-state index contributed by atoms with van der Waals surface area (Å²) in [6.45, 7) is 2.44. The van der Waals surface area contributed by atoms with Crippen LogP contribution in [0.1, 0.15) is 23.1 Å². The summed E-state index contributed by atoms with van der Waals surface area (Å²) in [4.78, 5) is 15.4. The van der Waals surface area contributed by atoms with E-state index < -0.39 is 0 Å². The lowest BCUT2D eigenvalue weighted by Crippen LogP contribution is -2.22. The van der Waals surface area contributed by atoms with Gasteiger partial charge in [0.15, 0.2) is 0 Å². The van der Waals surface area contributed by atoms with Crippen molar-refractivity contribution in [3.8, 4) is 11.3 Å². The molecule has 0 atom stereocenters. The van der Waals surface area contributed by atoms with Crippen molar-refractivity contribution in [2.75, 3.05) is 0 Å². The molecular weight excluding hydrogens is 355 g/mol. The van der Waals surface area contributed by atoms with Crippen molar-refractivity contribution in [1.82, 2.24) is 20.5 Å². The lowest BCUT2D eigenvalue weighted by Gasteiger charge is -2.05. The van der Waals surface area contributed by atoms with E-state index >= 15 is 0 Å². The molecule has 0 aliphatic rings. The van der Waals surface area contributed by atoms with Crippen LogP contribution in [0.4, 0.5) is 4.39 Å². The van der Waals surface area contributed by atoms with Crippen LogP contribution in [0.25, 0.3) is 22.2 Å². The second-order valence-corrected chi connectivity index (χ2v) is 6.87.